The topological polar surface area (TPSA) is 80.6 Å². The first-order valence-corrected chi connectivity index (χ1v) is 10.7. The Balaban J connectivity index is 1.62. The van der Waals surface area contributed by atoms with Crippen LogP contribution in [0.15, 0.2) is 30.5 Å². The summed E-state index contributed by atoms with van der Waals surface area (Å²) in [4.78, 5) is 15.2. The molecule has 2 aromatic carbocycles. The fraction of sp³-hybridized carbons (Fsp3) is 0.240. The number of phenolic OH excluding ortho intramolecular Hbond substituents is 1. The molecule has 3 heterocycles. The van der Waals surface area contributed by atoms with Gasteiger partial charge in [-0.2, -0.15) is 9.97 Å². The first-order valence-electron chi connectivity index (χ1n) is 10.7. The maximum absolute atomic E-state index is 16.0. The average Bonchev–Trinajstić information content (AvgIpc) is 3.64. The summed E-state index contributed by atoms with van der Waals surface area (Å²) in [5.41, 5.74) is 0.0108. The lowest BCUT2D eigenvalue weighted by Gasteiger charge is -2.28. The average molecular weight is 460 g/mol. The molecule has 0 spiro atoms. The Labute approximate surface area is 193 Å². The number of pyridine rings is 1. The van der Waals surface area contributed by atoms with Crippen molar-refractivity contribution in [2.24, 2.45) is 0 Å². The summed E-state index contributed by atoms with van der Waals surface area (Å²) in [5.74, 6) is 1.35. The van der Waals surface area contributed by atoms with Gasteiger partial charge in [-0.05, 0) is 30.0 Å². The molecule has 2 atom stereocenters. The molecule has 2 unspecified atom stereocenters. The highest BCUT2D eigenvalue weighted by Crippen LogP contribution is 2.42. The number of nitrogens with zero attached hydrogens (tertiary/aromatic N) is 4. The van der Waals surface area contributed by atoms with Gasteiger partial charge in [0.25, 0.3) is 0 Å². The lowest BCUT2D eigenvalue weighted by atomic mass is 9.96. The van der Waals surface area contributed by atoms with E-state index < -0.39 is 11.6 Å². The molecule has 4 aromatic rings. The van der Waals surface area contributed by atoms with Gasteiger partial charge in [-0.15, -0.1) is 6.42 Å². The number of fused-ring (bicyclic) bond motifs is 3. The van der Waals surface area contributed by atoms with E-state index in [2.05, 4.69) is 25.8 Å². The van der Waals surface area contributed by atoms with Crippen LogP contribution >= 0.6 is 0 Å². The standard InChI is InChI=1S/C25H18F2N4O3/c1-3-14-17(26)5-4-12-8-13(32)9-15(20(12)14)22-21(27)23-16(11-28-22)24(30-25(29-23)33-2)31-6-7-34-19-10-18(19)31/h1,4-5,8-9,11,18-19,32H,6-7,10H2,2H3. The highest BCUT2D eigenvalue weighted by atomic mass is 19.1. The number of benzene rings is 2. The maximum atomic E-state index is 16.0. The zero-order valence-corrected chi connectivity index (χ0v) is 18.0. The Morgan fingerprint density at radius 2 is 2.12 bits per heavy atom. The Morgan fingerprint density at radius 3 is 2.91 bits per heavy atom. The molecule has 2 aromatic heterocycles. The molecule has 0 bridgehead atoms. The van der Waals surface area contributed by atoms with E-state index in [-0.39, 0.29) is 51.6 Å². The highest BCUT2D eigenvalue weighted by Gasteiger charge is 2.47. The Bertz CT molecular complexity index is 1540. The number of methoxy groups -OCH3 is 1. The van der Waals surface area contributed by atoms with Gasteiger partial charge in [0.05, 0.1) is 36.8 Å². The van der Waals surface area contributed by atoms with Gasteiger partial charge in [0, 0.05) is 23.7 Å². The second kappa shape index (κ2) is 7.50. The van der Waals surface area contributed by atoms with Crippen molar-refractivity contribution in [3.63, 3.8) is 0 Å². The van der Waals surface area contributed by atoms with Crippen LogP contribution in [0.5, 0.6) is 11.8 Å². The summed E-state index contributed by atoms with van der Waals surface area (Å²) >= 11 is 0. The molecule has 2 aliphatic rings. The minimum atomic E-state index is -0.751. The molecule has 34 heavy (non-hydrogen) atoms. The molecule has 0 amide bonds. The zero-order chi connectivity index (χ0) is 23.6. The molecule has 1 aliphatic carbocycles. The number of rotatable bonds is 3. The van der Waals surface area contributed by atoms with Crippen molar-refractivity contribution in [1.29, 1.82) is 0 Å². The van der Waals surface area contributed by atoms with Gasteiger partial charge in [-0.1, -0.05) is 12.0 Å². The van der Waals surface area contributed by atoms with Crippen LogP contribution in [0, 0.1) is 24.0 Å². The van der Waals surface area contributed by atoms with E-state index in [1.807, 2.05) is 0 Å². The number of terminal acetylenes is 1. The summed E-state index contributed by atoms with van der Waals surface area (Å²) in [6.45, 7) is 1.14. The number of phenols is 1. The van der Waals surface area contributed by atoms with Crippen molar-refractivity contribution in [3.05, 3.63) is 47.7 Å². The van der Waals surface area contributed by atoms with Crippen LogP contribution in [-0.2, 0) is 4.74 Å². The van der Waals surface area contributed by atoms with Crippen molar-refractivity contribution in [3.8, 4) is 35.4 Å². The third-order valence-electron chi connectivity index (χ3n) is 6.31. The monoisotopic (exact) mass is 460 g/mol. The summed E-state index contributed by atoms with van der Waals surface area (Å²) in [6.07, 6.45) is 8.06. The summed E-state index contributed by atoms with van der Waals surface area (Å²) in [6, 6.07) is 5.61. The lowest BCUT2D eigenvalue weighted by molar-refractivity contribution is 0.103. The smallest absolute Gasteiger partial charge is 0.318 e. The minimum Gasteiger partial charge on any atom is -0.508 e. The number of halogens is 2. The van der Waals surface area contributed by atoms with E-state index in [9.17, 15) is 9.50 Å². The Morgan fingerprint density at radius 1 is 1.26 bits per heavy atom. The Hall–Kier alpha value is -4.03. The molecule has 1 saturated carbocycles. The predicted molar refractivity (Wildman–Crippen MR) is 122 cm³/mol. The number of anilines is 1. The first-order chi connectivity index (χ1) is 16.5. The van der Waals surface area contributed by atoms with Crippen LogP contribution in [0.2, 0.25) is 0 Å². The van der Waals surface area contributed by atoms with Crippen LogP contribution in [0.3, 0.4) is 0 Å². The molecule has 0 radical (unpaired) electrons. The van der Waals surface area contributed by atoms with Gasteiger partial charge in [0.2, 0.25) is 0 Å². The van der Waals surface area contributed by atoms with Gasteiger partial charge in [-0.25, -0.2) is 8.78 Å². The van der Waals surface area contributed by atoms with Gasteiger partial charge >= 0.3 is 6.01 Å². The number of aromatic hydroxyl groups is 1. The van der Waals surface area contributed by atoms with Crippen LogP contribution in [0.1, 0.15) is 12.0 Å². The van der Waals surface area contributed by atoms with E-state index in [1.54, 1.807) is 0 Å². The molecule has 7 nitrogen and oxygen atoms in total. The van der Waals surface area contributed by atoms with Gasteiger partial charge in [0.1, 0.15) is 28.6 Å². The first kappa shape index (κ1) is 20.6. The van der Waals surface area contributed by atoms with Crippen molar-refractivity contribution in [2.45, 2.75) is 18.6 Å². The number of hydrogen-bond donors (Lipinski definition) is 1. The van der Waals surface area contributed by atoms with Gasteiger partial charge < -0.3 is 19.5 Å². The van der Waals surface area contributed by atoms with E-state index in [0.29, 0.717) is 29.7 Å². The van der Waals surface area contributed by atoms with Crippen molar-refractivity contribution >= 4 is 27.5 Å². The normalized spacial score (nSPS) is 19.2. The summed E-state index contributed by atoms with van der Waals surface area (Å²) in [5, 5.41) is 11.4. The predicted octanol–water partition coefficient (Wildman–Crippen LogP) is 3.80. The van der Waals surface area contributed by atoms with E-state index in [4.69, 9.17) is 15.9 Å². The SMILES string of the molecule is C#Cc1c(F)ccc2cc(O)cc(-c3ncc4c(N5CCOC6CC65)nc(OC)nc4c3F)c12. The second-order valence-electron chi connectivity index (χ2n) is 8.28. The fourth-order valence-electron chi connectivity index (χ4n) is 4.67. The molecule has 6 rings (SSSR count). The highest BCUT2D eigenvalue weighted by molar-refractivity contribution is 6.03. The van der Waals surface area contributed by atoms with Gasteiger partial charge in [0.15, 0.2) is 5.82 Å². The van der Waals surface area contributed by atoms with E-state index >= 15 is 4.39 Å². The zero-order valence-electron chi connectivity index (χ0n) is 18.0. The third-order valence-corrected chi connectivity index (χ3v) is 6.31. The quantitative estimate of drug-likeness (QED) is 0.466. The maximum Gasteiger partial charge on any atom is 0.318 e. The summed E-state index contributed by atoms with van der Waals surface area (Å²) < 4.78 is 41.5. The van der Waals surface area contributed by atoms with Crippen LogP contribution in [0.4, 0.5) is 14.6 Å². The third kappa shape index (κ3) is 3.03. The number of morpholine rings is 1. The van der Waals surface area contributed by atoms with Crippen molar-refractivity contribution < 1.29 is 23.4 Å². The Kier molecular flexibility index (Phi) is 4.54. The molecule has 2 fully saturated rings. The van der Waals surface area contributed by atoms with Crippen molar-refractivity contribution in [1.82, 2.24) is 15.0 Å². The largest absolute Gasteiger partial charge is 0.508 e. The number of aromatic nitrogens is 3. The molecule has 1 saturated heterocycles. The van der Waals surface area contributed by atoms with Gasteiger partial charge in [-0.3, -0.25) is 4.98 Å². The minimum absolute atomic E-state index is 0.00527. The van der Waals surface area contributed by atoms with E-state index in [0.717, 1.165) is 6.42 Å². The van der Waals surface area contributed by atoms with Crippen LogP contribution in [0.25, 0.3) is 32.9 Å². The molecular formula is C25H18F2N4O3. The lowest BCUT2D eigenvalue weighted by Crippen LogP contribution is -2.37. The summed E-state index contributed by atoms with van der Waals surface area (Å²) in [7, 11) is 1.41. The number of ether oxygens (including phenoxy) is 2. The van der Waals surface area contributed by atoms with Crippen LogP contribution in [-0.4, -0.2) is 52.5 Å². The fourth-order valence-corrected chi connectivity index (χ4v) is 4.67. The molecule has 1 N–H and O–H groups in total. The molecule has 9 heteroatoms. The molecule has 170 valence electrons. The number of hydrogen-bond acceptors (Lipinski definition) is 7. The van der Waals surface area contributed by atoms with Crippen molar-refractivity contribution in [2.75, 3.05) is 25.2 Å². The molecule has 1 aliphatic heterocycles. The van der Waals surface area contributed by atoms with Crippen LogP contribution < -0.4 is 9.64 Å². The second-order valence-corrected chi connectivity index (χ2v) is 8.28. The van der Waals surface area contributed by atoms with E-state index in [1.165, 1.54) is 37.6 Å². The molecular weight excluding hydrogens is 442 g/mol.